The maximum atomic E-state index is 13.6. The molecule has 0 saturated carbocycles. The molecule has 11 heteroatoms. The van der Waals surface area contributed by atoms with E-state index in [2.05, 4.69) is 40.6 Å². The zero-order valence-corrected chi connectivity index (χ0v) is 25.0. The molecule has 4 aromatic rings. The minimum Gasteiger partial charge on any atom is -0.361 e. The molecular formula is C27H29ClN4O3S2Si. The minimum absolute atomic E-state index is 0.214. The van der Waals surface area contributed by atoms with Gasteiger partial charge in [-0.3, -0.25) is 14.2 Å². The lowest BCUT2D eigenvalue weighted by Gasteiger charge is -2.29. The summed E-state index contributed by atoms with van der Waals surface area (Å²) in [4.78, 5) is 36.9. The van der Waals surface area contributed by atoms with Gasteiger partial charge in [-0.15, -0.1) is 0 Å². The number of thiazole rings is 2. The number of rotatable bonds is 8. The van der Waals surface area contributed by atoms with Crippen molar-refractivity contribution in [3.63, 3.8) is 0 Å². The summed E-state index contributed by atoms with van der Waals surface area (Å²) in [6.07, 6.45) is 1.49. The molecular weight excluding hydrogens is 556 g/mol. The summed E-state index contributed by atoms with van der Waals surface area (Å²) < 4.78 is 9.09. The van der Waals surface area contributed by atoms with Gasteiger partial charge in [0.2, 0.25) is 0 Å². The lowest BCUT2D eigenvalue weighted by atomic mass is 9.95. The first-order valence-electron chi connectivity index (χ1n) is 12.5. The highest BCUT2D eigenvalue weighted by molar-refractivity contribution is 7.17. The Bertz CT molecular complexity index is 1570. The second kappa shape index (κ2) is 11.2. The highest BCUT2D eigenvalue weighted by Crippen LogP contribution is 2.33. The van der Waals surface area contributed by atoms with Crippen molar-refractivity contribution >= 4 is 69.9 Å². The topological polar surface area (TPSA) is 76.8 Å². The first-order valence-corrected chi connectivity index (χ1v) is 18.2. The average molecular weight is 585 g/mol. The summed E-state index contributed by atoms with van der Waals surface area (Å²) in [5.74, 6) is -0.281. The largest absolute Gasteiger partial charge is 0.361 e. The predicted octanol–water partition coefficient (Wildman–Crippen LogP) is 6.24. The SMILES string of the molecule is C[Si](C)(C)CCOCn1c(=NC(=O)c2cccc3c2CN(c2nc(Cl)c(C=O)s2)CC3)sc2ccccc21. The van der Waals surface area contributed by atoms with Crippen LogP contribution in [0.1, 0.15) is 31.2 Å². The number of aromatic nitrogens is 2. The van der Waals surface area contributed by atoms with Crippen LogP contribution in [0, 0.1) is 0 Å². The first kappa shape index (κ1) is 27.0. The molecule has 0 fully saturated rings. The number of carbonyl (C=O) groups is 2. The molecule has 5 rings (SSSR count). The van der Waals surface area contributed by atoms with Gasteiger partial charge in [0.1, 0.15) is 11.6 Å². The zero-order chi connectivity index (χ0) is 26.9. The Labute approximate surface area is 235 Å². The van der Waals surface area contributed by atoms with E-state index in [0.29, 0.717) is 40.3 Å². The Balaban J connectivity index is 1.46. The van der Waals surface area contributed by atoms with Crippen molar-refractivity contribution < 1.29 is 14.3 Å². The Morgan fingerprint density at radius 2 is 2.00 bits per heavy atom. The van der Waals surface area contributed by atoms with Crippen molar-refractivity contribution in [3.8, 4) is 0 Å². The van der Waals surface area contributed by atoms with Crippen LogP contribution in [0.25, 0.3) is 10.2 Å². The molecule has 2 aromatic heterocycles. The lowest BCUT2D eigenvalue weighted by molar-refractivity contribution is 0.0874. The number of halogens is 1. The molecule has 3 heterocycles. The third-order valence-electron chi connectivity index (χ3n) is 6.48. The van der Waals surface area contributed by atoms with Crippen LogP contribution in [0.2, 0.25) is 30.8 Å². The summed E-state index contributed by atoms with van der Waals surface area (Å²) >= 11 is 8.87. The molecule has 0 saturated heterocycles. The van der Waals surface area contributed by atoms with E-state index in [4.69, 9.17) is 16.3 Å². The van der Waals surface area contributed by atoms with Gasteiger partial charge in [-0.05, 0) is 41.8 Å². The fourth-order valence-electron chi connectivity index (χ4n) is 4.37. The number of hydrogen-bond acceptors (Lipinski definition) is 7. The quantitative estimate of drug-likeness (QED) is 0.139. The molecule has 2 aromatic carbocycles. The van der Waals surface area contributed by atoms with Crippen molar-refractivity contribution in [2.24, 2.45) is 4.99 Å². The van der Waals surface area contributed by atoms with Crippen LogP contribution < -0.4 is 9.70 Å². The molecule has 0 atom stereocenters. The van der Waals surface area contributed by atoms with Gasteiger partial charge in [-0.25, -0.2) is 4.98 Å². The second-order valence-corrected chi connectivity index (χ2v) is 18.4. The van der Waals surface area contributed by atoms with E-state index in [9.17, 15) is 9.59 Å². The highest BCUT2D eigenvalue weighted by Gasteiger charge is 2.25. The number of hydrogen-bond donors (Lipinski definition) is 0. The Morgan fingerprint density at radius 1 is 1.18 bits per heavy atom. The number of aldehydes is 1. The van der Waals surface area contributed by atoms with Crippen LogP contribution in [0.5, 0.6) is 0 Å². The number of anilines is 1. The number of carbonyl (C=O) groups excluding carboxylic acids is 2. The van der Waals surface area contributed by atoms with Gasteiger partial charge in [0.25, 0.3) is 5.91 Å². The molecule has 7 nitrogen and oxygen atoms in total. The smallest absolute Gasteiger partial charge is 0.280 e. The van der Waals surface area contributed by atoms with Gasteiger partial charge < -0.3 is 9.64 Å². The average Bonchev–Trinajstić information content (AvgIpc) is 3.44. The first-order chi connectivity index (χ1) is 18.2. The van der Waals surface area contributed by atoms with Crippen molar-refractivity contribution in [3.05, 3.63) is 74.0 Å². The summed E-state index contributed by atoms with van der Waals surface area (Å²) in [5.41, 5.74) is 3.64. The lowest BCUT2D eigenvalue weighted by Crippen LogP contribution is -2.31. The van der Waals surface area contributed by atoms with Crippen LogP contribution in [0.15, 0.2) is 47.5 Å². The molecule has 1 aliphatic rings. The molecule has 1 aliphatic heterocycles. The maximum Gasteiger partial charge on any atom is 0.280 e. The van der Waals surface area contributed by atoms with Crippen molar-refractivity contribution in [1.82, 2.24) is 9.55 Å². The Kier molecular flexibility index (Phi) is 7.97. The van der Waals surface area contributed by atoms with Crippen LogP contribution >= 0.6 is 34.3 Å². The van der Waals surface area contributed by atoms with Gasteiger partial charge in [0.05, 0.1) is 10.2 Å². The second-order valence-electron chi connectivity index (χ2n) is 10.4. The number of nitrogens with zero attached hydrogens (tertiary/aromatic N) is 4. The van der Waals surface area contributed by atoms with E-state index in [1.54, 1.807) is 0 Å². The summed E-state index contributed by atoms with van der Waals surface area (Å²) in [7, 11) is -1.21. The van der Waals surface area contributed by atoms with Crippen LogP contribution in [-0.4, -0.2) is 43.0 Å². The van der Waals surface area contributed by atoms with E-state index < -0.39 is 8.07 Å². The van der Waals surface area contributed by atoms with Crippen molar-refractivity contribution in [1.29, 1.82) is 0 Å². The number of ether oxygens (including phenoxy) is 1. The molecule has 0 radical (unpaired) electrons. The number of benzene rings is 2. The third kappa shape index (κ3) is 5.84. The molecule has 38 heavy (non-hydrogen) atoms. The molecule has 1 amide bonds. The summed E-state index contributed by atoms with van der Waals surface area (Å²) in [6.45, 7) is 9.26. The van der Waals surface area contributed by atoms with E-state index in [-0.39, 0.29) is 11.1 Å². The molecule has 0 unspecified atom stereocenters. The molecule has 0 N–H and O–H groups in total. The number of para-hydroxylation sites is 1. The maximum absolute atomic E-state index is 13.6. The zero-order valence-electron chi connectivity index (χ0n) is 21.6. The van der Waals surface area contributed by atoms with E-state index in [1.807, 2.05) is 41.0 Å². The third-order valence-corrected chi connectivity index (χ3v) is 10.7. The van der Waals surface area contributed by atoms with Gasteiger partial charge >= 0.3 is 0 Å². The van der Waals surface area contributed by atoms with Gasteiger partial charge in [-0.2, -0.15) is 4.99 Å². The van der Waals surface area contributed by atoms with E-state index in [0.717, 1.165) is 46.6 Å². The molecule has 0 aliphatic carbocycles. The van der Waals surface area contributed by atoms with Crippen molar-refractivity contribution in [2.75, 3.05) is 18.1 Å². The van der Waals surface area contributed by atoms with Crippen LogP contribution in [0.4, 0.5) is 5.13 Å². The van der Waals surface area contributed by atoms with E-state index >= 15 is 0 Å². The minimum atomic E-state index is -1.21. The van der Waals surface area contributed by atoms with Gasteiger partial charge in [0, 0.05) is 33.3 Å². The van der Waals surface area contributed by atoms with Crippen LogP contribution in [0.3, 0.4) is 0 Å². The van der Waals surface area contributed by atoms with Gasteiger partial charge in [0.15, 0.2) is 21.4 Å². The van der Waals surface area contributed by atoms with Gasteiger partial charge in [-0.1, -0.05) is 78.2 Å². The van der Waals surface area contributed by atoms with Crippen molar-refractivity contribution in [2.45, 2.75) is 45.4 Å². The predicted molar refractivity (Wildman–Crippen MR) is 158 cm³/mol. The highest BCUT2D eigenvalue weighted by atomic mass is 35.5. The van der Waals surface area contributed by atoms with E-state index in [1.165, 1.54) is 22.7 Å². The Morgan fingerprint density at radius 3 is 2.76 bits per heavy atom. The summed E-state index contributed by atoms with van der Waals surface area (Å²) in [6, 6.07) is 14.9. The number of fused-ring (bicyclic) bond motifs is 2. The normalized spacial score (nSPS) is 14.2. The molecule has 0 spiro atoms. The van der Waals surface area contributed by atoms with Crippen LogP contribution in [-0.2, 0) is 24.4 Å². The number of amides is 1. The molecule has 198 valence electrons. The summed E-state index contributed by atoms with van der Waals surface area (Å²) in [5, 5.41) is 0.895. The fraction of sp³-hybridized carbons (Fsp3) is 0.333. The standard InChI is InChI=1S/C27H29ClN4O3S2Si/c1-38(2,3)14-13-35-17-32-21-9-4-5-10-22(21)36-27(32)30-25(34)19-8-6-7-18-11-12-31(15-20(18)19)26-29-24(28)23(16-33)37-26/h4-10,16H,11-15,17H2,1-3H3. The monoisotopic (exact) mass is 584 g/mol. The Hall–Kier alpha value is -2.63. The fourth-order valence-corrected chi connectivity index (χ4v) is 7.23. The molecule has 0 bridgehead atoms.